The van der Waals surface area contributed by atoms with Crippen LogP contribution in [0.4, 0.5) is 5.82 Å². The molecule has 0 unspecified atom stereocenters. The summed E-state index contributed by atoms with van der Waals surface area (Å²) in [6, 6.07) is 5.90. The first kappa shape index (κ1) is 9.35. The highest BCUT2D eigenvalue weighted by Crippen LogP contribution is 2.36. The molecule has 0 bridgehead atoms. The van der Waals surface area contributed by atoms with Crippen LogP contribution < -0.4 is 10.5 Å². The number of nitrogens with two attached hydrogens (primary N) is 1. The fraction of sp³-hybridized carbons (Fsp3) is 0.0909. The number of methoxy groups -OCH3 is 1. The molecule has 2 heterocycles. The average Bonchev–Trinajstić information content (AvgIpc) is 2.67. The minimum atomic E-state index is 0.529. The zero-order valence-electron chi connectivity index (χ0n) is 8.60. The number of fused-ring (bicyclic) bond motifs is 3. The Hall–Kier alpha value is -1.88. The molecule has 0 radical (unpaired) electrons. The molecule has 0 aliphatic carbocycles. The second-order valence-electron chi connectivity index (χ2n) is 3.40. The lowest BCUT2D eigenvalue weighted by atomic mass is 10.2. The Bertz CT molecular complexity index is 677. The molecule has 0 fully saturated rings. The van der Waals surface area contributed by atoms with Gasteiger partial charge in [-0.2, -0.15) is 0 Å². The molecular formula is C11H9N3OS. The molecule has 0 amide bonds. The Morgan fingerprint density at radius 3 is 3.00 bits per heavy atom. The van der Waals surface area contributed by atoms with E-state index in [1.54, 1.807) is 18.4 Å². The van der Waals surface area contributed by atoms with Crippen LogP contribution in [0.2, 0.25) is 0 Å². The van der Waals surface area contributed by atoms with Gasteiger partial charge in [0.05, 0.1) is 12.5 Å². The number of ether oxygens (including phenoxy) is 1. The highest BCUT2D eigenvalue weighted by atomic mass is 32.1. The van der Waals surface area contributed by atoms with Crippen molar-refractivity contribution in [3.05, 3.63) is 24.5 Å². The maximum atomic E-state index is 5.86. The number of nitrogens with zero attached hydrogens (tertiary/aromatic N) is 2. The summed E-state index contributed by atoms with van der Waals surface area (Å²) >= 11 is 1.59. The predicted molar refractivity (Wildman–Crippen MR) is 65.9 cm³/mol. The quantitative estimate of drug-likeness (QED) is 0.698. The van der Waals surface area contributed by atoms with E-state index in [9.17, 15) is 0 Å². The molecule has 5 heteroatoms. The molecule has 0 spiro atoms. The number of hydrogen-bond acceptors (Lipinski definition) is 5. The van der Waals surface area contributed by atoms with E-state index in [2.05, 4.69) is 9.97 Å². The van der Waals surface area contributed by atoms with Crippen molar-refractivity contribution in [2.45, 2.75) is 0 Å². The largest absolute Gasteiger partial charge is 0.497 e. The van der Waals surface area contributed by atoms with Crippen molar-refractivity contribution < 1.29 is 4.74 Å². The third-order valence-electron chi connectivity index (χ3n) is 2.51. The number of anilines is 1. The molecule has 0 saturated carbocycles. The van der Waals surface area contributed by atoms with E-state index in [0.717, 1.165) is 26.1 Å². The Balaban J connectivity index is 2.47. The van der Waals surface area contributed by atoms with Gasteiger partial charge >= 0.3 is 0 Å². The van der Waals surface area contributed by atoms with Crippen LogP contribution in [0.3, 0.4) is 0 Å². The van der Waals surface area contributed by atoms with E-state index in [0.29, 0.717) is 5.82 Å². The second kappa shape index (κ2) is 3.31. The molecule has 1 aromatic carbocycles. The number of nitrogen functional groups attached to an aromatic ring is 1. The van der Waals surface area contributed by atoms with Crippen molar-refractivity contribution in [3.63, 3.8) is 0 Å². The topological polar surface area (TPSA) is 61.0 Å². The van der Waals surface area contributed by atoms with Crippen LogP contribution in [0.25, 0.3) is 20.3 Å². The smallest absolute Gasteiger partial charge is 0.136 e. The summed E-state index contributed by atoms with van der Waals surface area (Å²) in [4.78, 5) is 9.15. The van der Waals surface area contributed by atoms with Crippen molar-refractivity contribution in [2.24, 2.45) is 0 Å². The summed E-state index contributed by atoms with van der Waals surface area (Å²) in [5.41, 5.74) is 5.86. The molecule has 0 saturated heterocycles. The van der Waals surface area contributed by atoms with Crippen molar-refractivity contribution in [2.75, 3.05) is 12.8 Å². The fourth-order valence-electron chi connectivity index (χ4n) is 1.74. The standard InChI is InChI=1S/C11H9N3OS/c1-15-6-2-3-7-8(4-6)16-11-9(7)10(12)13-5-14-11/h2-5H,1H3,(H2,12,13,14). The number of rotatable bonds is 1. The van der Waals surface area contributed by atoms with Gasteiger partial charge in [0.2, 0.25) is 0 Å². The van der Waals surface area contributed by atoms with Crippen LogP contribution in [-0.2, 0) is 0 Å². The van der Waals surface area contributed by atoms with E-state index in [1.807, 2.05) is 18.2 Å². The van der Waals surface area contributed by atoms with E-state index in [1.165, 1.54) is 6.33 Å². The average molecular weight is 231 g/mol. The van der Waals surface area contributed by atoms with Gasteiger partial charge in [-0.15, -0.1) is 11.3 Å². The zero-order valence-corrected chi connectivity index (χ0v) is 9.41. The molecule has 80 valence electrons. The molecule has 3 aromatic rings. The summed E-state index contributed by atoms with van der Waals surface area (Å²) in [5.74, 6) is 1.37. The fourth-order valence-corrected chi connectivity index (χ4v) is 2.82. The Kier molecular flexibility index (Phi) is 1.94. The third kappa shape index (κ3) is 1.22. The zero-order chi connectivity index (χ0) is 11.1. The Morgan fingerprint density at radius 2 is 2.19 bits per heavy atom. The van der Waals surface area contributed by atoms with Gasteiger partial charge in [0.25, 0.3) is 0 Å². The summed E-state index contributed by atoms with van der Waals surface area (Å²) in [6.07, 6.45) is 1.49. The van der Waals surface area contributed by atoms with E-state index >= 15 is 0 Å². The summed E-state index contributed by atoms with van der Waals surface area (Å²) in [6.45, 7) is 0. The van der Waals surface area contributed by atoms with Crippen LogP contribution in [-0.4, -0.2) is 17.1 Å². The number of benzene rings is 1. The van der Waals surface area contributed by atoms with Crippen LogP contribution >= 0.6 is 11.3 Å². The summed E-state index contributed by atoms with van der Waals surface area (Å²) in [5, 5.41) is 2.02. The maximum Gasteiger partial charge on any atom is 0.136 e. The van der Waals surface area contributed by atoms with Gasteiger partial charge in [-0.05, 0) is 18.2 Å². The first-order chi connectivity index (χ1) is 7.79. The normalized spacial score (nSPS) is 11.1. The van der Waals surface area contributed by atoms with Gasteiger partial charge in [0.15, 0.2) is 0 Å². The number of thiophene rings is 1. The van der Waals surface area contributed by atoms with Gasteiger partial charge in [-0.1, -0.05) is 0 Å². The molecule has 0 atom stereocenters. The first-order valence-electron chi connectivity index (χ1n) is 4.76. The van der Waals surface area contributed by atoms with Crippen molar-refractivity contribution >= 4 is 37.5 Å². The predicted octanol–water partition coefficient (Wildman–Crippen LogP) is 2.44. The minimum absolute atomic E-state index is 0.529. The lowest BCUT2D eigenvalue weighted by molar-refractivity contribution is 0.415. The van der Waals surface area contributed by atoms with Crippen LogP contribution in [0.1, 0.15) is 0 Å². The summed E-state index contributed by atoms with van der Waals surface area (Å²) in [7, 11) is 1.66. The van der Waals surface area contributed by atoms with E-state index < -0.39 is 0 Å². The molecule has 2 N–H and O–H groups in total. The monoisotopic (exact) mass is 231 g/mol. The SMILES string of the molecule is COc1ccc2c(c1)sc1ncnc(N)c12. The van der Waals surface area contributed by atoms with E-state index in [-0.39, 0.29) is 0 Å². The molecular weight excluding hydrogens is 222 g/mol. The molecule has 3 rings (SSSR count). The van der Waals surface area contributed by atoms with Crippen LogP contribution in [0.5, 0.6) is 5.75 Å². The molecule has 0 aliphatic rings. The lowest BCUT2D eigenvalue weighted by Crippen LogP contribution is -1.90. The number of hydrogen-bond donors (Lipinski definition) is 1. The first-order valence-corrected chi connectivity index (χ1v) is 5.58. The maximum absolute atomic E-state index is 5.86. The highest BCUT2D eigenvalue weighted by molar-refractivity contribution is 7.25. The minimum Gasteiger partial charge on any atom is -0.497 e. The molecule has 4 nitrogen and oxygen atoms in total. The van der Waals surface area contributed by atoms with Gasteiger partial charge < -0.3 is 10.5 Å². The molecule has 0 aliphatic heterocycles. The van der Waals surface area contributed by atoms with Gasteiger partial charge in [0, 0.05) is 10.1 Å². The van der Waals surface area contributed by atoms with Gasteiger partial charge in [-0.3, -0.25) is 0 Å². The summed E-state index contributed by atoms with van der Waals surface area (Å²) < 4.78 is 6.30. The van der Waals surface area contributed by atoms with Crippen LogP contribution in [0.15, 0.2) is 24.5 Å². The number of aromatic nitrogens is 2. The lowest BCUT2D eigenvalue weighted by Gasteiger charge is -1.98. The second-order valence-corrected chi connectivity index (χ2v) is 4.43. The van der Waals surface area contributed by atoms with Crippen LogP contribution in [0, 0.1) is 0 Å². The van der Waals surface area contributed by atoms with E-state index in [4.69, 9.17) is 10.5 Å². The third-order valence-corrected chi connectivity index (χ3v) is 3.57. The van der Waals surface area contributed by atoms with Crippen molar-refractivity contribution in [1.29, 1.82) is 0 Å². The molecule has 2 aromatic heterocycles. The van der Waals surface area contributed by atoms with Crippen molar-refractivity contribution in [1.82, 2.24) is 9.97 Å². The van der Waals surface area contributed by atoms with Crippen molar-refractivity contribution in [3.8, 4) is 5.75 Å². The Labute approximate surface area is 95.7 Å². The Morgan fingerprint density at radius 1 is 1.31 bits per heavy atom. The molecule has 16 heavy (non-hydrogen) atoms. The highest BCUT2D eigenvalue weighted by Gasteiger charge is 2.09. The van der Waals surface area contributed by atoms with Gasteiger partial charge in [-0.25, -0.2) is 9.97 Å². The van der Waals surface area contributed by atoms with Gasteiger partial charge in [0.1, 0.15) is 22.7 Å².